The zero-order chi connectivity index (χ0) is 27.1. The molecule has 3 aromatic heterocycles. The van der Waals surface area contributed by atoms with E-state index >= 15 is 0 Å². The Morgan fingerprint density at radius 3 is 2.59 bits per heavy atom. The molecule has 0 bridgehead atoms. The number of nitrogens with zero attached hydrogens (tertiary/aromatic N) is 7. The summed E-state index contributed by atoms with van der Waals surface area (Å²) in [6.45, 7) is 6.29. The zero-order valence-corrected chi connectivity index (χ0v) is 22.3. The van der Waals surface area contributed by atoms with Gasteiger partial charge in [0.15, 0.2) is 17.1 Å². The summed E-state index contributed by atoms with van der Waals surface area (Å²) in [5.41, 5.74) is 9.04. The van der Waals surface area contributed by atoms with Gasteiger partial charge in [0.1, 0.15) is 11.3 Å². The summed E-state index contributed by atoms with van der Waals surface area (Å²) in [5, 5.41) is 4.84. The Morgan fingerprint density at radius 1 is 1.10 bits per heavy atom. The average Bonchev–Trinajstić information content (AvgIpc) is 3.55. The number of imidazole rings is 1. The van der Waals surface area contributed by atoms with Crippen molar-refractivity contribution in [2.24, 2.45) is 12.8 Å². The van der Waals surface area contributed by atoms with Gasteiger partial charge in [-0.2, -0.15) is 5.10 Å². The van der Waals surface area contributed by atoms with E-state index in [2.05, 4.69) is 34.9 Å². The number of rotatable bonds is 6. The van der Waals surface area contributed by atoms with Gasteiger partial charge in [0, 0.05) is 63.9 Å². The summed E-state index contributed by atoms with van der Waals surface area (Å²) >= 11 is 0. The predicted molar refractivity (Wildman–Crippen MR) is 146 cm³/mol. The van der Waals surface area contributed by atoms with E-state index in [-0.39, 0.29) is 12.8 Å². The van der Waals surface area contributed by atoms with Crippen LogP contribution in [0.25, 0.3) is 28.2 Å². The Labute approximate surface area is 226 Å². The van der Waals surface area contributed by atoms with Crippen LogP contribution in [0.5, 0.6) is 0 Å². The van der Waals surface area contributed by atoms with E-state index in [4.69, 9.17) is 25.5 Å². The molecular weight excluding hydrogens is 499 g/mol. The third-order valence-electron chi connectivity index (χ3n) is 7.83. The lowest BCUT2D eigenvalue weighted by molar-refractivity contribution is -0.132. The molecule has 0 radical (unpaired) electrons. The first-order chi connectivity index (χ1) is 18.8. The summed E-state index contributed by atoms with van der Waals surface area (Å²) < 4.78 is 24.1. The maximum Gasteiger partial charge on any atom is 0.255 e. The quantitative estimate of drug-likeness (QED) is 0.407. The largest absolute Gasteiger partial charge is 0.378 e. The highest BCUT2D eigenvalue weighted by atomic mass is 19.1. The minimum atomic E-state index is -1.93. The fourth-order valence-corrected chi connectivity index (χ4v) is 5.39. The van der Waals surface area contributed by atoms with E-state index in [0.717, 1.165) is 47.0 Å². The third-order valence-corrected chi connectivity index (χ3v) is 7.83. The molecule has 6 rings (SSSR count). The van der Waals surface area contributed by atoms with Gasteiger partial charge in [0.2, 0.25) is 0 Å². The van der Waals surface area contributed by atoms with Gasteiger partial charge < -0.3 is 19.9 Å². The lowest BCUT2D eigenvalue weighted by Gasteiger charge is -2.34. The lowest BCUT2D eigenvalue weighted by Crippen LogP contribution is -2.49. The van der Waals surface area contributed by atoms with Gasteiger partial charge in [-0.25, -0.2) is 19.0 Å². The van der Waals surface area contributed by atoms with Crippen molar-refractivity contribution in [1.82, 2.24) is 29.2 Å². The van der Waals surface area contributed by atoms with Crippen molar-refractivity contribution in [3.8, 4) is 17.1 Å². The van der Waals surface area contributed by atoms with Crippen LogP contribution in [0.4, 0.5) is 10.1 Å². The number of hydrogen-bond donors (Lipinski definition) is 1. The van der Waals surface area contributed by atoms with Crippen LogP contribution in [0.15, 0.2) is 42.6 Å². The molecule has 1 aromatic carbocycles. The van der Waals surface area contributed by atoms with Crippen molar-refractivity contribution < 1.29 is 13.9 Å². The number of alkyl halides is 1. The molecule has 5 heterocycles. The second-order valence-electron chi connectivity index (χ2n) is 10.5. The van der Waals surface area contributed by atoms with E-state index in [0.29, 0.717) is 38.7 Å². The number of carbonyl (C=O) groups is 1. The fraction of sp³-hybridized carbons (Fsp3) is 0.429. The summed E-state index contributed by atoms with van der Waals surface area (Å²) in [6.07, 6.45) is 2.12. The van der Waals surface area contributed by atoms with Crippen LogP contribution in [-0.2, 0) is 23.1 Å². The number of aryl methyl sites for hydroxylation is 2. The molecule has 0 aliphatic carbocycles. The maximum atomic E-state index is 14.7. The minimum Gasteiger partial charge on any atom is -0.378 e. The number of anilines is 1. The molecule has 39 heavy (non-hydrogen) atoms. The van der Waals surface area contributed by atoms with Gasteiger partial charge >= 0.3 is 0 Å². The molecule has 0 atom stereocenters. The number of ether oxygens (including phenoxy) is 1. The lowest BCUT2D eigenvalue weighted by atomic mass is 9.93. The van der Waals surface area contributed by atoms with Crippen LogP contribution in [0.3, 0.4) is 0 Å². The summed E-state index contributed by atoms with van der Waals surface area (Å²) in [4.78, 5) is 25.9. The van der Waals surface area contributed by atoms with Crippen molar-refractivity contribution >= 4 is 22.8 Å². The predicted octanol–water partition coefficient (Wildman–Crippen LogP) is 2.76. The van der Waals surface area contributed by atoms with Crippen LogP contribution in [0.2, 0.25) is 0 Å². The Hall–Kier alpha value is -3.83. The molecule has 0 unspecified atom stereocenters. The molecule has 2 fully saturated rings. The number of morpholine rings is 1. The molecule has 11 heteroatoms. The van der Waals surface area contributed by atoms with E-state index in [1.165, 1.54) is 5.56 Å². The van der Waals surface area contributed by atoms with Gasteiger partial charge in [-0.3, -0.25) is 9.69 Å². The van der Waals surface area contributed by atoms with E-state index in [9.17, 15) is 9.18 Å². The van der Waals surface area contributed by atoms with Crippen molar-refractivity contribution in [2.45, 2.75) is 32.0 Å². The Morgan fingerprint density at radius 2 is 1.87 bits per heavy atom. The third kappa shape index (κ3) is 4.87. The highest BCUT2D eigenvalue weighted by molar-refractivity contribution is 5.88. The molecular formula is C28H33FN8O2. The molecule has 0 saturated carbocycles. The highest BCUT2D eigenvalue weighted by Crippen LogP contribution is 2.31. The number of likely N-dealkylation sites (tertiary alicyclic amines) is 1. The number of amides is 1. The Balaban J connectivity index is 1.35. The number of nitrogens with two attached hydrogens (primary N) is 1. The first-order valence-electron chi connectivity index (χ1n) is 13.3. The van der Waals surface area contributed by atoms with Crippen molar-refractivity contribution in [2.75, 3.05) is 44.3 Å². The second kappa shape index (κ2) is 10.0. The average molecular weight is 533 g/mol. The number of piperidine rings is 1. The number of carbonyl (C=O) groups excluding carboxylic acids is 1. The zero-order valence-electron chi connectivity index (χ0n) is 22.3. The second-order valence-corrected chi connectivity index (χ2v) is 10.5. The standard InChI is InChI=1S/C28H33FN8O2/c1-19-4-3-5-20(16-19)21-6-9-37(33-21)23-17-22(36-12-14-39-15-13-36)25-26(32-23)34(2)24(31-25)18-35-10-7-28(29,8-11-35)27(30)38/h3-6,9,16-17H,7-8,10-15,18H2,1-2H3,(H2,30,38). The van der Waals surface area contributed by atoms with Gasteiger partial charge in [-0.15, -0.1) is 0 Å². The molecule has 2 N–H and O–H groups in total. The molecule has 0 spiro atoms. The minimum absolute atomic E-state index is 0.0935. The summed E-state index contributed by atoms with van der Waals surface area (Å²) in [5.74, 6) is 0.663. The number of fused-ring (bicyclic) bond motifs is 1. The number of aromatic nitrogens is 5. The van der Waals surface area contributed by atoms with Gasteiger partial charge in [-0.1, -0.05) is 23.8 Å². The number of halogens is 1. The molecule has 4 aromatic rings. The molecule has 10 nitrogen and oxygen atoms in total. The number of benzene rings is 1. The van der Waals surface area contributed by atoms with E-state index in [1.54, 1.807) is 0 Å². The van der Waals surface area contributed by atoms with Gasteiger partial charge in [0.25, 0.3) is 5.91 Å². The number of hydrogen-bond acceptors (Lipinski definition) is 7. The number of primary amides is 1. The summed E-state index contributed by atoms with van der Waals surface area (Å²) in [6, 6.07) is 12.3. The van der Waals surface area contributed by atoms with E-state index in [1.807, 2.05) is 40.7 Å². The molecule has 2 aliphatic rings. The van der Waals surface area contributed by atoms with Gasteiger partial charge in [0.05, 0.1) is 31.1 Å². The molecule has 2 aliphatic heterocycles. The van der Waals surface area contributed by atoms with Crippen LogP contribution in [0.1, 0.15) is 24.2 Å². The van der Waals surface area contributed by atoms with Crippen molar-refractivity contribution in [3.63, 3.8) is 0 Å². The first kappa shape index (κ1) is 25.4. The van der Waals surface area contributed by atoms with Crippen LogP contribution in [-0.4, -0.2) is 80.2 Å². The Bertz CT molecular complexity index is 1520. The van der Waals surface area contributed by atoms with Crippen LogP contribution >= 0.6 is 0 Å². The SMILES string of the molecule is Cc1cccc(-c2ccn(-c3cc(N4CCOCC4)c4nc(CN5CCC(F)(C(N)=O)CC5)n(C)c4n3)n2)c1. The number of pyridine rings is 1. The normalized spacial score (nSPS) is 18.1. The van der Waals surface area contributed by atoms with Gasteiger partial charge in [-0.05, 0) is 19.1 Å². The first-order valence-corrected chi connectivity index (χ1v) is 13.3. The summed E-state index contributed by atoms with van der Waals surface area (Å²) in [7, 11) is 1.96. The maximum absolute atomic E-state index is 14.7. The fourth-order valence-electron chi connectivity index (χ4n) is 5.39. The van der Waals surface area contributed by atoms with Crippen molar-refractivity contribution in [3.05, 3.63) is 54.0 Å². The van der Waals surface area contributed by atoms with Crippen LogP contribution < -0.4 is 10.6 Å². The van der Waals surface area contributed by atoms with Crippen LogP contribution in [0, 0.1) is 6.92 Å². The molecule has 2 saturated heterocycles. The van der Waals surface area contributed by atoms with Crippen molar-refractivity contribution in [1.29, 1.82) is 0 Å². The monoisotopic (exact) mass is 532 g/mol. The smallest absolute Gasteiger partial charge is 0.255 e. The molecule has 204 valence electrons. The van der Waals surface area contributed by atoms with E-state index < -0.39 is 11.6 Å². The highest BCUT2D eigenvalue weighted by Gasteiger charge is 2.40. The Kier molecular flexibility index (Phi) is 6.56. The topological polar surface area (TPSA) is 107 Å². The molecule has 1 amide bonds.